The van der Waals surface area contributed by atoms with Gasteiger partial charge in [-0.25, -0.2) is 0 Å². The first-order valence-corrected chi connectivity index (χ1v) is 9.99. The van der Waals surface area contributed by atoms with Crippen LogP contribution in [-0.2, 0) is 9.59 Å². The van der Waals surface area contributed by atoms with Crippen LogP contribution in [0.5, 0.6) is 0 Å². The summed E-state index contributed by atoms with van der Waals surface area (Å²) in [7, 11) is 1.84. The van der Waals surface area contributed by atoms with Crippen LogP contribution in [0.25, 0.3) is 0 Å². The molecular formula is C24H27NO2. The van der Waals surface area contributed by atoms with Gasteiger partial charge >= 0.3 is 0 Å². The Hall–Kier alpha value is -2.42. The van der Waals surface area contributed by atoms with E-state index in [1.165, 1.54) is 0 Å². The van der Waals surface area contributed by atoms with Gasteiger partial charge in [-0.2, -0.15) is 0 Å². The summed E-state index contributed by atoms with van der Waals surface area (Å²) in [5, 5.41) is 0. The number of nitrogens with zero attached hydrogens (tertiary/aromatic N) is 1. The SMILES string of the molecule is CC(C(=O)C1C(C(=O)N(C)c2ccccc2)[C@@H]2CC[C@H]1C2)c1ccccc1. The molecule has 0 heterocycles. The highest BCUT2D eigenvalue weighted by Crippen LogP contribution is 2.54. The van der Waals surface area contributed by atoms with Crippen molar-refractivity contribution < 1.29 is 9.59 Å². The van der Waals surface area contributed by atoms with Gasteiger partial charge in [0.15, 0.2) is 0 Å². The lowest BCUT2D eigenvalue weighted by atomic mass is 9.72. The fraction of sp³-hybridized carbons (Fsp3) is 0.417. The van der Waals surface area contributed by atoms with E-state index in [9.17, 15) is 9.59 Å². The van der Waals surface area contributed by atoms with Crippen LogP contribution >= 0.6 is 0 Å². The van der Waals surface area contributed by atoms with Crippen molar-refractivity contribution in [2.45, 2.75) is 32.1 Å². The maximum Gasteiger partial charge on any atom is 0.230 e. The van der Waals surface area contributed by atoms with Crippen molar-refractivity contribution >= 4 is 17.4 Å². The zero-order chi connectivity index (χ0) is 19.0. The molecule has 2 fully saturated rings. The van der Waals surface area contributed by atoms with Gasteiger partial charge in [0, 0.05) is 24.6 Å². The first-order valence-electron chi connectivity index (χ1n) is 9.99. The molecule has 140 valence electrons. The maximum absolute atomic E-state index is 13.4. The minimum atomic E-state index is -0.174. The molecular weight excluding hydrogens is 334 g/mol. The summed E-state index contributed by atoms with van der Waals surface area (Å²) >= 11 is 0. The standard InChI is InChI=1S/C24H27NO2/c1-16(17-9-5-3-6-10-17)23(26)21-18-13-14-19(15-18)22(21)24(27)25(2)20-11-7-4-8-12-20/h3-12,16,18-19,21-22H,13-15H2,1-2H3/t16?,18-,19+,21?,22?/m0/s1. The summed E-state index contributed by atoms with van der Waals surface area (Å²) in [6.07, 6.45) is 3.19. The van der Waals surface area contributed by atoms with Crippen LogP contribution in [0.4, 0.5) is 5.69 Å². The highest BCUT2D eigenvalue weighted by Gasteiger charge is 2.54. The molecule has 2 aliphatic rings. The molecule has 2 aromatic rings. The third-order valence-corrected chi connectivity index (χ3v) is 6.73. The zero-order valence-corrected chi connectivity index (χ0v) is 16.0. The van der Waals surface area contributed by atoms with Crippen molar-refractivity contribution in [2.75, 3.05) is 11.9 Å². The third kappa shape index (κ3) is 3.20. The Morgan fingerprint density at radius 2 is 1.44 bits per heavy atom. The molecule has 2 aromatic carbocycles. The molecule has 3 nitrogen and oxygen atoms in total. The van der Waals surface area contributed by atoms with Crippen LogP contribution in [0.15, 0.2) is 60.7 Å². The smallest absolute Gasteiger partial charge is 0.230 e. The molecule has 0 saturated heterocycles. The minimum Gasteiger partial charge on any atom is -0.315 e. The molecule has 1 amide bonds. The van der Waals surface area contributed by atoms with E-state index in [4.69, 9.17) is 0 Å². The van der Waals surface area contributed by atoms with E-state index >= 15 is 0 Å². The summed E-state index contributed by atoms with van der Waals surface area (Å²) in [5.41, 5.74) is 1.94. The molecule has 4 rings (SSSR count). The van der Waals surface area contributed by atoms with Crippen LogP contribution in [0, 0.1) is 23.7 Å². The van der Waals surface area contributed by atoms with E-state index in [-0.39, 0.29) is 29.4 Å². The predicted molar refractivity (Wildman–Crippen MR) is 108 cm³/mol. The Labute approximate surface area is 161 Å². The first-order chi connectivity index (χ1) is 13.1. The van der Waals surface area contributed by atoms with E-state index in [2.05, 4.69) is 0 Å². The second-order valence-corrected chi connectivity index (χ2v) is 8.15. The summed E-state index contributed by atoms with van der Waals surface area (Å²) in [4.78, 5) is 28.6. The van der Waals surface area contributed by atoms with E-state index < -0.39 is 0 Å². The Kier molecular flexibility index (Phi) is 4.86. The van der Waals surface area contributed by atoms with E-state index in [0.29, 0.717) is 11.8 Å². The Bertz CT molecular complexity index is 747. The number of fused-ring (bicyclic) bond motifs is 2. The molecule has 2 aliphatic carbocycles. The minimum absolute atomic E-state index is 0.104. The number of Topliss-reactive ketones (excluding diaryl/α,β-unsaturated/α-hetero) is 1. The van der Waals surface area contributed by atoms with Crippen molar-refractivity contribution in [3.8, 4) is 0 Å². The normalized spacial score (nSPS) is 27.3. The van der Waals surface area contributed by atoms with Gasteiger partial charge in [0.2, 0.25) is 5.91 Å². The Morgan fingerprint density at radius 1 is 0.889 bits per heavy atom. The molecule has 0 N–H and O–H groups in total. The third-order valence-electron chi connectivity index (χ3n) is 6.73. The highest BCUT2D eigenvalue weighted by atomic mass is 16.2. The van der Waals surface area contributed by atoms with Gasteiger partial charge in [-0.05, 0) is 48.8 Å². The number of para-hydroxylation sites is 1. The van der Waals surface area contributed by atoms with Gasteiger partial charge in [-0.1, -0.05) is 55.5 Å². The van der Waals surface area contributed by atoms with Crippen molar-refractivity contribution in [3.05, 3.63) is 66.2 Å². The predicted octanol–water partition coefficient (Wildman–Crippen LogP) is 4.68. The molecule has 27 heavy (non-hydrogen) atoms. The van der Waals surface area contributed by atoms with Gasteiger partial charge in [0.1, 0.15) is 5.78 Å². The van der Waals surface area contributed by atoms with Crippen LogP contribution in [0.2, 0.25) is 0 Å². The number of hydrogen-bond acceptors (Lipinski definition) is 2. The Morgan fingerprint density at radius 3 is 2.07 bits per heavy atom. The topological polar surface area (TPSA) is 37.4 Å². The number of carbonyl (C=O) groups excluding carboxylic acids is 2. The number of ketones is 1. The van der Waals surface area contributed by atoms with Gasteiger partial charge in [-0.15, -0.1) is 0 Å². The summed E-state index contributed by atoms with van der Waals surface area (Å²) in [5.74, 6) is 0.593. The highest BCUT2D eigenvalue weighted by molar-refractivity contribution is 6.00. The number of carbonyl (C=O) groups is 2. The average molecular weight is 361 g/mol. The molecule has 0 spiro atoms. The average Bonchev–Trinajstić information content (AvgIpc) is 3.34. The van der Waals surface area contributed by atoms with E-state index in [1.54, 1.807) is 4.90 Å². The fourth-order valence-corrected chi connectivity index (χ4v) is 5.25. The molecule has 2 saturated carbocycles. The number of hydrogen-bond donors (Lipinski definition) is 0. The van der Waals surface area contributed by atoms with Gasteiger partial charge in [-0.3, -0.25) is 9.59 Å². The van der Waals surface area contributed by atoms with Gasteiger partial charge < -0.3 is 4.90 Å². The molecule has 0 aromatic heterocycles. The molecule has 5 atom stereocenters. The van der Waals surface area contributed by atoms with Crippen LogP contribution in [-0.4, -0.2) is 18.7 Å². The second kappa shape index (κ2) is 7.30. The number of rotatable bonds is 5. The molecule has 3 unspecified atom stereocenters. The van der Waals surface area contributed by atoms with Crippen molar-refractivity contribution in [1.82, 2.24) is 0 Å². The molecule has 2 bridgehead atoms. The largest absolute Gasteiger partial charge is 0.315 e. The lowest BCUT2D eigenvalue weighted by Gasteiger charge is -2.33. The molecule has 3 heteroatoms. The zero-order valence-electron chi connectivity index (χ0n) is 16.0. The summed E-state index contributed by atoms with van der Waals surface area (Å²) < 4.78 is 0. The summed E-state index contributed by atoms with van der Waals surface area (Å²) in [6, 6.07) is 19.7. The van der Waals surface area contributed by atoms with Crippen molar-refractivity contribution in [2.24, 2.45) is 23.7 Å². The molecule has 0 radical (unpaired) electrons. The lowest BCUT2D eigenvalue weighted by Crippen LogP contribution is -2.43. The number of anilines is 1. The number of amides is 1. The fourth-order valence-electron chi connectivity index (χ4n) is 5.25. The molecule has 0 aliphatic heterocycles. The Balaban J connectivity index is 1.59. The maximum atomic E-state index is 13.4. The second-order valence-electron chi connectivity index (χ2n) is 8.15. The van der Waals surface area contributed by atoms with Crippen LogP contribution in [0.3, 0.4) is 0 Å². The van der Waals surface area contributed by atoms with E-state index in [0.717, 1.165) is 30.5 Å². The van der Waals surface area contributed by atoms with Gasteiger partial charge in [0.25, 0.3) is 0 Å². The monoisotopic (exact) mass is 361 g/mol. The van der Waals surface area contributed by atoms with E-state index in [1.807, 2.05) is 74.6 Å². The van der Waals surface area contributed by atoms with Gasteiger partial charge in [0.05, 0.1) is 5.92 Å². The first kappa shape index (κ1) is 18.0. The lowest BCUT2D eigenvalue weighted by molar-refractivity contribution is -0.134. The number of benzene rings is 2. The summed E-state index contributed by atoms with van der Waals surface area (Å²) in [6.45, 7) is 1.99. The van der Waals surface area contributed by atoms with Crippen molar-refractivity contribution in [3.63, 3.8) is 0 Å². The van der Waals surface area contributed by atoms with Crippen LogP contribution in [0.1, 0.15) is 37.7 Å². The van der Waals surface area contributed by atoms with Crippen LogP contribution < -0.4 is 4.90 Å². The quantitative estimate of drug-likeness (QED) is 0.775. The van der Waals surface area contributed by atoms with Crippen molar-refractivity contribution in [1.29, 1.82) is 0 Å².